The molecule has 8 heteroatoms. The van der Waals surface area contributed by atoms with Crippen molar-refractivity contribution in [2.45, 2.75) is 44.8 Å². The molecule has 1 saturated heterocycles. The van der Waals surface area contributed by atoms with Crippen molar-refractivity contribution < 1.29 is 22.8 Å². The molecule has 1 fully saturated rings. The van der Waals surface area contributed by atoms with Crippen molar-refractivity contribution in [1.29, 1.82) is 0 Å². The second kappa shape index (κ2) is 8.84. The van der Waals surface area contributed by atoms with Gasteiger partial charge in [-0.15, -0.1) is 0 Å². The Labute approximate surface area is 185 Å². The average molecular weight is 445 g/mol. The minimum atomic E-state index is -4.50. The van der Waals surface area contributed by atoms with Crippen molar-refractivity contribution in [3.05, 3.63) is 59.2 Å². The molecule has 2 heterocycles. The minimum absolute atomic E-state index is 0.0215. The molecule has 170 valence electrons. The summed E-state index contributed by atoms with van der Waals surface area (Å²) in [7, 11) is 0. The third-order valence-corrected chi connectivity index (χ3v) is 6.24. The normalized spacial score (nSPS) is 18.4. The van der Waals surface area contributed by atoms with E-state index in [9.17, 15) is 22.8 Å². The first-order valence-corrected chi connectivity index (χ1v) is 10.8. The van der Waals surface area contributed by atoms with Crippen molar-refractivity contribution in [3.63, 3.8) is 0 Å². The fourth-order valence-corrected chi connectivity index (χ4v) is 4.67. The molecule has 1 N–H and O–H groups in total. The fourth-order valence-electron chi connectivity index (χ4n) is 4.67. The molecule has 0 radical (unpaired) electrons. The highest BCUT2D eigenvalue weighted by Crippen LogP contribution is 2.37. The average Bonchev–Trinajstić information content (AvgIpc) is 3.27. The number of benzene rings is 2. The smallest absolute Gasteiger partial charge is 0.370 e. The van der Waals surface area contributed by atoms with Crippen LogP contribution >= 0.6 is 0 Å². The largest absolute Gasteiger partial charge is 0.416 e. The minimum Gasteiger partial charge on any atom is -0.370 e. The van der Waals surface area contributed by atoms with E-state index in [1.165, 1.54) is 13.0 Å². The van der Waals surface area contributed by atoms with Gasteiger partial charge in [0.1, 0.15) is 0 Å². The number of anilines is 2. The highest BCUT2D eigenvalue weighted by molar-refractivity contribution is 5.95. The summed E-state index contributed by atoms with van der Waals surface area (Å²) < 4.78 is 40.0. The fraction of sp³-hybridized carbons (Fsp3) is 0.417. The van der Waals surface area contributed by atoms with Gasteiger partial charge in [0.15, 0.2) is 0 Å². The first-order valence-electron chi connectivity index (χ1n) is 10.8. The molecule has 0 saturated carbocycles. The monoisotopic (exact) mass is 445 g/mol. The highest BCUT2D eigenvalue weighted by atomic mass is 19.4. The van der Waals surface area contributed by atoms with E-state index in [4.69, 9.17) is 0 Å². The molecular formula is C24H26F3N3O2. The van der Waals surface area contributed by atoms with Gasteiger partial charge >= 0.3 is 6.18 Å². The second-order valence-electron chi connectivity index (χ2n) is 8.35. The molecule has 5 nitrogen and oxygen atoms in total. The highest BCUT2D eigenvalue weighted by Gasteiger charge is 2.33. The van der Waals surface area contributed by atoms with Crippen LogP contribution in [0.15, 0.2) is 42.5 Å². The van der Waals surface area contributed by atoms with Gasteiger partial charge in [-0.2, -0.15) is 13.2 Å². The van der Waals surface area contributed by atoms with Crippen LogP contribution in [0, 0.1) is 0 Å². The molecule has 4 rings (SSSR count). The Balaban J connectivity index is 1.61. The molecule has 2 aliphatic heterocycles. The predicted molar refractivity (Wildman–Crippen MR) is 116 cm³/mol. The molecule has 2 aliphatic rings. The maximum Gasteiger partial charge on any atom is 0.416 e. The summed E-state index contributed by atoms with van der Waals surface area (Å²) in [4.78, 5) is 28.9. The van der Waals surface area contributed by atoms with E-state index in [-0.39, 0.29) is 18.0 Å². The van der Waals surface area contributed by atoms with Crippen LogP contribution < -0.4 is 10.2 Å². The van der Waals surface area contributed by atoms with Gasteiger partial charge in [-0.25, -0.2) is 0 Å². The number of carbonyl (C=O) groups is 2. The third-order valence-electron chi connectivity index (χ3n) is 6.24. The molecule has 1 atom stereocenters. The van der Waals surface area contributed by atoms with Crippen molar-refractivity contribution in [2.75, 3.05) is 29.9 Å². The van der Waals surface area contributed by atoms with Gasteiger partial charge in [0.25, 0.3) is 0 Å². The Bertz CT molecular complexity index is 1020. The zero-order chi connectivity index (χ0) is 22.9. The van der Waals surface area contributed by atoms with Crippen molar-refractivity contribution in [3.8, 4) is 0 Å². The van der Waals surface area contributed by atoms with Crippen LogP contribution in [0.1, 0.15) is 48.9 Å². The zero-order valence-corrected chi connectivity index (χ0v) is 17.9. The summed E-state index contributed by atoms with van der Waals surface area (Å²) in [5.41, 5.74) is 1.94. The lowest BCUT2D eigenvalue weighted by Crippen LogP contribution is -2.40. The Morgan fingerprint density at radius 2 is 1.78 bits per heavy atom. The summed E-state index contributed by atoms with van der Waals surface area (Å²) in [6, 6.07) is 10.7. The van der Waals surface area contributed by atoms with Crippen LogP contribution in [0.4, 0.5) is 24.5 Å². The first-order chi connectivity index (χ1) is 15.2. The van der Waals surface area contributed by atoms with Gasteiger partial charge < -0.3 is 15.1 Å². The van der Waals surface area contributed by atoms with Crippen molar-refractivity contribution in [1.82, 2.24) is 4.90 Å². The standard InChI is InChI=1S/C24H26F3N3O2/c1-16(31)30-13-10-17-6-2-3-7-19(17)22(30)15-23(32)28-20-14-18(24(25,26)27)8-9-21(20)29-11-4-5-12-29/h2-3,6-9,14,22H,4-5,10-13,15H2,1H3,(H,28,32). The summed E-state index contributed by atoms with van der Waals surface area (Å²) >= 11 is 0. The SMILES string of the molecule is CC(=O)N1CCc2ccccc2C1CC(=O)Nc1cc(C(F)(F)F)ccc1N1CCCC1. The number of fused-ring (bicyclic) bond motifs is 1. The summed E-state index contributed by atoms with van der Waals surface area (Å²) in [5.74, 6) is -0.549. The lowest BCUT2D eigenvalue weighted by molar-refractivity contribution is -0.137. The van der Waals surface area contributed by atoms with E-state index in [0.717, 1.165) is 49.2 Å². The van der Waals surface area contributed by atoms with Gasteiger partial charge in [0, 0.05) is 26.6 Å². The number of rotatable bonds is 4. The van der Waals surface area contributed by atoms with Crippen LogP contribution in [0.25, 0.3) is 0 Å². The van der Waals surface area contributed by atoms with Crippen LogP contribution in [0.3, 0.4) is 0 Å². The van der Waals surface area contributed by atoms with Crippen LogP contribution in [-0.2, 0) is 22.2 Å². The van der Waals surface area contributed by atoms with E-state index in [1.54, 1.807) is 4.90 Å². The molecule has 2 aromatic carbocycles. The van der Waals surface area contributed by atoms with Gasteiger partial charge in [-0.1, -0.05) is 24.3 Å². The van der Waals surface area contributed by atoms with Gasteiger partial charge in [0.05, 0.1) is 29.4 Å². The Morgan fingerprint density at radius 1 is 1.06 bits per heavy atom. The predicted octanol–water partition coefficient (Wildman–Crippen LogP) is 4.78. The number of nitrogens with one attached hydrogen (secondary N) is 1. The van der Waals surface area contributed by atoms with Gasteiger partial charge in [0.2, 0.25) is 11.8 Å². The lowest BCUT2D eigenvalue weighted by atomic mass is 9.90. The number of alkyl halides is 3. The zero-order valence-electron chi connectivity index (χ0n) is 17.9. The Morgan fingerprint density at radius 3 is 2.47 bits per heavy atom. The summed E-state index contributed by atoms with van der Waals surface area (Å²) in [6.45, 7) is 3.45. The second-order valence-corrected chi connectivity index (χ2v) is 8.35. The maximum atomic E-state index is 13.3. The van der Waals surface area contributed by atoms with Crippen molar-refractivity contribution >= 4 is 23.2 Å². The molecule has 32 heavy (non-hydrogen) atoms. The molecular weight excluding hydrogens is 419 g/mol. The molecule has 0 aromatic heterocycles. The number of nitrogens with zero attached hydrogens (tertiary/aromatic N) is 2. The van der Waals surface area contributed by atoms with Gasteiger partial charge in [-0.3, -0.25) is 9.59 Å². The molecule has 0 aliphatic carbocycles. The Hall–Kier alpha value is -3.03. The third kappa shape index (κ3) is 4.59. The van der Waals surface area contributed by atoms with Crippen LogP contribution in [-0.4, -0.2) is 36.3 Å². The van der Waals surface area contributed by atoms with Crippen LogP contribution in [0.2, 0.25) is 0 Å². The molecule has 2 aromatic rings. The van der Waals surface area contributed by atoms with Gasteiger partial charge in [-0.05, 0) is 48.6 Å². The molecule has 0 bridgehead atoms. The quantitative estimate of drug-likeness (QED) is 0.737. The molecule has 1 unspecified atom stereocenters. The van der Waals surface area contributed by atoms with Crippen molar-refractivity contribution in [2.24, 2.45) is 0 Å². The maximum absolute atomic E-state index is 13.3. The van der Waals surface area contributed by atoms with E-state index in [1.807, 2.05) is 29.2 Å². The number of carbonyl (C=O) groups excluding carboxylic acids is 2. The number of amides is 2. The summed E-state index contributed by atoms with van der Waals surface area (Å²) in [5, 5.41) is 2.72. The Kier molecular flexibility index (Phi) is 6.13. The lowest BCUT2D eigenvalue weighted by Gasteiger charge is -2.36. The van der Waals surface area contributed by atoms with E-state index >= 15 is 0 Å². The van der Waals surface area contributed by atoms with Crippen LogP contribution in [0.5, 0.6) is 0 Å². The number of hydrogen-bond acceptors (Lipinski definition) is 3. The molecule has 0 spiro atoms. The van der Waals surface area contributed by atoms with E-state index < -0.39 is 23.7 Å². The topological polar surface area (TPSA) is 52.7 Å². The summed E-state index contributed by atoms with van der Waals surface area (Å²) in [6.07, 6.45) is -1.90. The number of hydrogen-bond donors (Lipinski definition) is 1. The van der Waals surface area contributed by atoms with E-state index in [0.29, 0.717) is 18.7 Å². The number of halogens is 3. The van der Waals surface area contributed by atoms with E-state index in [2.05, 4.69) is 5.32 Å². The first kappa shape index (κ1) is 22.2. The molecule has 2 amide bonds.